The van der Waals surface area contributed by atoms with Crippen molar-refractivity contribution >= 4 is 0 Å². The first-order valence-electron chi connectivity index (χ1n) is 7.40. The summed E-state index contributed by atoms with van der Waals surface area (Å²) in [5.74, 6) is -0.537. The van der Waals surface area contributed by atoms with Gasteiger partial charge >= 0.3 is 6.18 Å². The van der Waals surface area contributed by atoms with Crippen molar-refractivity contribution in [2.24, 2.45) is 11.8 Å². The Morgan fingerprint density at radius 1 is 1.21 bits per heavy atom. The molecule has 19 heavy (non-hydrogen) atoms. The average Bonchev–Trinajstić information content (AvgIpc) is 2.37. The zero-order chi connectivity index (χ0) is 14.5. The van der Waals surface area contributed by atoms with Crippen LogP contribution in [0.4, 0.5) is 13.2 Å². The van der Waals surface area contributed by atoms with Crippen molar-refractivity contribution in [3.8, 4) is 0 Å². The number of likely N-dealkylation sites (N-methyl/N-ethyl adjacent to an activating group) is 1. The van der Waals surface area contributed by atoms with E-state index in [4.69, 9.17) is 0 Å². The molecule has 0 bridgehead atoms. The summed E-state index contributed by atoms with van der Waals surface area (Å²) in [6, 6.07) is 0.387. The van der Waals surface area contributed by atoms with E-state index in [-0.39, 0.29) is 12.8 Å². The van der Waals surface area contributed by atoms with Gasteiger partial charge in [0.1, 0.15) is 0 Å². The Hall–Kier alpha value is -0.290. The Morgan fingerprint density at radius 2 is 1.79 bits per heavy atom. The fraction of sp³-hybridized carbons (Fsp3) is 1.00. The van der Waals surface area contributed by atoms with Crippen molar-refractivity contribution in [3.05, 3.63) is 0 Å². The number of nitrogens with one attached hydrogen (secondary N) is 1. The first-order chi connectivity index (χ1) is 8.88. The van der Waals surface area contributed by atoms with Crippen molar-refractivity contribution in [1.29, 1.82) is 0 Å². The number of rotatable bonds is 6. The van der Waals surface area contributed by atoms with Crippen molar-refractivity contribution < 1.29 is 13.2 Å². The first-order valence-corrected chi connectivity index (χ1v) is 7.40. The van der Waals surface area contributed by atoms with Gasteiger partial charge in [-0.2, -0.15) is 13.2 Å². The number of nitrogens with zero attached hydrogens (tertiary/aromatic N) is 1. The molecule has 1 N–H and O–H groups in total. The largest absolute Gasteiger partial charge is 0.391 e. The van der Waals surface area contributed by atoms with E-state index in [2.05, 4.69) is 31.0 Å². The molecule has 0 saturated carbocycles. The molecule has 114 valence electrons. The molecule has 0 aliphatic carbocycles. The van der Waals surface area contributed by atoms with Gasteiger partial charge in [0.15, 0.2) is 0 Å². The highest BCUT2D eigenvalue weighted by Crippen LogP contribution is 2.34. The molecular formula is C14H27F3N2. The highest BCUT2D eigenvalue weighted by atomic mass is 19.4. The molecule has 0 aromatic carbocycles. The van der Waals surface area contributed by atoms with Gasteiger partial charge in [0.05, 0.1) is 5.92 Å². The van der Waals surface area contributed by atoms with E-state index in [1.54, 1.807) is 0 Å². The molecular weight excluding hydrogens is 253 g/mol. The third kappa shape index (κ3) is 5.30. The van der Waals surface area contributed by atoms with E-state index in [9.17, 15) is 13.2 Å². The minimum absolute atomic E-state index is 0.253. The highest BCUT2D eigenvalue weighted by Gasteiger charge is 2.41. The van der Waals surface area contributed by atoms with E-state index in [0.717, 1.165) is 19.5 Å². The van der Waals surface area contributed by atoms with E-state index >= 15 is 0 Å². The first kappa shape index (κ1) is 16.8. The summed E-state index contributed by atoms with van der Waals surface area (Å²) in [4.78, 5) is 2.18. The van der Waals surface area contributed by atoms with Gasteiger partial charge in [-0.3, -0.25) is 0 Å². The Balaban J connectivity index is 2.42. The zero-order valence-corrected chi connectivity index (χ0v) is 12.3. The molecule has 0 radical (unpaired) electrons. The summed E-state index contributed by atoms with van der Waals surface area (Å²) >= 11 is 0. The monoisotopic (exact) mass is 280 g/mol. The molecule has 1 heterocycles. The number of alkyl halides is 3. The molecule has 1 saturated heterocycles. The molecule has 1 rings (SSSR count). The minimum Gasteiger partial charge on any atom is -0.313 e. The van der Waals surface area contributed by atoms with Crippen LogP contribution in [-0.4, -0.2) is 43.3 Å². The van der Waals surface area contributed by atoms with E-state index in [1.165, 1.54) is 0 Å². The number of halogens is 3. The predicted octanol–water partition coefficient (Wildman–Crippen LogP) is 3.28. The van der Waals surface area contributed by atoms with Crippen molar-refractivity contribution in [3.63, 3.8) is 0 Å². The summed E-state index contributed by atoms with van der Waals surface area (Å²) in [7, 11) is 0. The number of hydrogen-bond donors (Lipinski definition) is 1. The lowest BCUT2D eigenvalue weighted by Gasteiger charge is -2.36. The van der Waals surface area contributed by atoms with Gasteiger partial charge in [-0.15, -0.1) is 0 Å². The third-order valence-electron chi connectivity index (χ3n) is 4.30. The van der Waals surface area contributed by atoms with Crippen LogP contribution in [0.2, 0.25) is 0 Å². The maximum absolute atomic E-state index is 12.6. The van der Waals surface area contributed by atoms with Gasteiger partial charge in [0.2, 0.25) is 0 Å². The topological polar surface area (TPSA) is 15.3 Å². The normalized spacial score (nSPS) is 22.4. The van der Waals surface area contributed by atoms with Crippen LogP contribution in [0.1, 0.15) is 40.0 Å². The summed E-state index contributed by atoms with van der Waals surface area (Å²) in [5.41, 5.74) is 0. The molecule has 0 aromatic heterocycles. The van der Waals surface area contributed by atoms with Gasteiger partial charge in [-0.1, -0.05) is 27.2 Å². The summed E-state index contributed by atoms with van der Waals surface area (Å²) in [6.07, 6.45) is -2.41. The SMILES string of the molecule is CCNC(CN1CCC(C(F)(F)F)CC1)C(C)CC. The lowest BCUT2D eigenvalue weighted by molar-refractivity contribution is -0.185. The van der Waals surface area contributed by atoms with Crippen LogP contribution in [-0.2, 0) is 0 Å². The Morgan fingerprint density at radius 3 is 2.21 bits per heavy atom. The highest BCUT2D eigenvalue weighted by molar-refractivity contribution is 4.82. The zero-order valence-electron chi connectivity index (χ0n) is 12.3. The predicted molar refractivity (Wildman–Crippen MR) is 72.1 cm³/mol. The lowest BCUT2D eigenvalue weighted by atomic mass is 9.94. The molecule has 0 aromatic rings. The van der Waals surface area contributed by atoms with Crippen LogP contribution in [0, 0.1) is 11.8 Å². The van der Waals surface area contributed by atoms with Crippen LogP contribution in [0.25, 0.3) is 0 Å². The van der Waals surface area contributed by atoms with Crippen molar-refractivity contribution in [2.75, 3.05) is 26.2 Å². The summed E-state index contributed by atoms with van der Waals surface area (Å²) in [5, 5.41) is 3.46. The van der Waals surface area contributed by atoms with Gasteiger partial charge in [-0.05, 0) is 38.4 Å². The minimum atomic E-state index is -4.01. The molecule has 5 heteroatoms. The number of piperidine rings is 1. The fourth-order valence-corrected chi connectivity index (χ4v) is 2.71. The maximum atomic E-state index is 12.6. The van der Waals surface area contributed by atoms with Crippen LogP contribution < -0.4 is 5.32 Å². The standard InChI is InChI=1S/C14H27F3N2/c1-4-11(3)13(18-5-2)10-19-8-6-12(7-9-19)14(15,16)17/h11-13,18H,4-10H2,1-3H3. The van der Waals surface area contributed by atoms with Crippen LogP contribution in [0.3, 0.4) is 0 Å². The smallest absolute Gasteiger partial charge is 0.313 e. The number of hydrogen-bond acceptors (Lipinski definition) is 2. The maximum Gasteiger partial charge on any atom is 0.391 e. The van der Waals surface area contributed by atoms with Crippen LogP contribution in [0.5, 0.6) is 0 Å². The van der Waals surface area contributed by atoms with Crippen molar-refractivity contribution in [2.45, 2.75) is 52.3 Å². The third-order valence-corrected chi connectivity index (χ3v) is 4.30. The van der Waals surface area contributed by atoms with Gasteiger partial charge in [-0.25, -0.2) is 0 Å². The number of likely N-dealkylation sites (tertiary alicyclic amines) is 1. The second kappa shape index (κ2) is 7.48. The fourth-order valence-electron chi connectivity index (χ4n) is 2.71. The molecule has 1 fully saturated rings. The Kier molecular flexibility index (Phi) is 6.60. The molecule has 1 aliphatic rings. The summed E-state index contributed by atoms with van der Waals surface area (Å²) < 4.78 is 37.8. The second-order valence-corrected chi connectivity index (χ2v) is 5.67. The Bertz CT molecular complexity index is 248. The molecule has 0 amide bonds. The van der Waals surface area contributed by atoms with Gasteiger partial charge in [0, 0.05) is 12.6 Å². The van der Waals surface area contributed by atoms with E-state index in [0.29, 0.717) is 25.0 Å². The van der Waals surface area contributed by atoms with Gasteiger partial charge in [0.25, 0.3) is 0 Å². The van der Waals surface area contributed by atoms with E-state index < -0.39 is 12.1 Å². The van der Waals surface area contributed by atoms with Crippen molar-refractivity contribution in [1.82, 2.24) is 10.2 Å². The second-order valence-electron chi connectivity index (χ2n) is 5.67. The lowest BCUT2D eigenvalue weighted by Crippen LogP contribution is -2.48. The van der Waals surface area contributed by atoms with E-state index in [1.807, 2.05) is 0 Å². The quantitative estimate of drug-likeness (QED) is 0.803. The average molecular weight is 280 g/mol. The molecule has 1 aliphatic heterocycles. The van der Waals surface area contributed by atoms with Gasteiger partial charge < -0.3 is 10.2 Å². The Labute approximate surface area is 114 Å². The summed E-state index contributed by atoms with van der Waals surface area (Å²) in [6.45, 7) is 9.36. The molecule has 2 nitrogen and oxygen atoms in total. The van der Waals surface area contributed by atoms with Crippen LogP contribution in [0.15, 0.2) is 0 Å². The van der Waals surface area contributed by atoms with Crippen LogP contribution >= 0.6 is 0 Å². The molecule has 2 atom stereocenters. The molecule has 2 unspecified atom stereocenters. The molecule has 0 spiro atoms.